The van der Waals surface area contributed by atoms with Gasteiger partial charge in [0.05, 0.1) is 62.8 Å². The third-order valence-electron chi connectivity index (χ3n) is 10.9. The molecule has 0 amide bonds. The fourth-order valence-corrected chi connectivity index (χ4v) is 10.6. The van der Waals surface area contributed by atoms with Gasteiger partial charge in [-0.2, -0.15) is 39.5 Å². The van der Waals surface area contributed by atoms with E-state index in [1.807, 2.05) is 0 Å². The number of anilines is 3. The lowest BCUT2D eigenvalue weighted by Crippen LogP contribution is -2.08. The maximum atomic E-state index is 13.8. The Labute approximate surface area is 432 Å². The van der Waals surface area contributed by atoms with Gasteiger partial charge in [0, 0.05) is 82.5 Å². The van der Waals surface area contributed by atoms with Crippen molar-refractivity contribution in [2.75, 3.05) is 24.3 Å². The average Bonchev–Trinajstić information content (AvgIpc) is 4.05. The number of alkyl halides is 9. The summed E-state index contributed by atoms with van der Waals surface area (Å²) in [6.45, 7) is 1.26. The number of methoxy groups -OCH3 is 1. The smallest absolute Gasteiger partial charge is 0.417 e. The van der Waals surface area contributed by atoms with Gasteiger partial charge in [-0.3, -0.25) is 24.5 Å². The molecule has 0 unspecified atom stereocenters. The Bertz CT molecular complexity index is 3830. The van der Waals surface area contributed by atoms with E-state index in [1.165, 1.54) is 56.2 Å². The minimum Gasteiger partial charge on any atom is -0.465 e. The van der Waals surface area contributed by atoms with Crippen molar-refractivity contribution in [2.45, 2.75) is 25.5 Å². The highest BCUT2D eigenvalue weighted by molar-refractivity contribution is 7.22. The first-order chi connectivity index (χ1) is 35.9. The molecule has 0 atom stereocenters. The summed E-state index contributed by atoms with van der Waals surface area (Å²) in [5.41, 5.74) is 15.6. The van der Waals surface area contributed by atoms with Gasteiger partial charge in [-0.15, -0.1) is 34.0 Å². The number of aromatic nitrogens is 6. The molecule has 0 fully saturated rings. The molecular weight excluding hydrogens is 1080 g/mol. The van der Waals surface area contributed by atoms with Gasteiger partial charge >= 0.3 is 24.5 Å². The monoisotopic (exact) mass is 1110 g/mol. The summed E-state index contributed by atoms with van der Waals surface area (Å²) in [6.07, 6.45) is -5.21. The molecule has 0 aliphatic carbocycles. The van der Waals surface area contributed by atoms with Crippen LogP contribution in [-0.4, -0.2) is 54.5 Å². The third kappa shape index (κ3) is 11.0. The van der Waals surface area contributed by atoms with Crippen LogP contribution in [-0.2, 0) is 23.3 Å². The molecule has 6 N–H and O–H groups in total. The van der Waals surface area contributed by atoms with Crippen LogP contribution in [0, 0.1) is 5.82 Å². The molecule has 0 aliphatic heterocycles. The zero-order chi connectivity index (χ0) is 55.0. The molecule has 0 saturated heterocycles. The lowest BCUT2D eigenvalue weighted by molar-refractivity contribution is -0.137. The number of benzene rings is 1. The zero-order valence-corrected chi connectivity index (χ0v) is 41.0. The number of nitrogen functional groups attached to an aromatic ring is 3. The van der Waals surface area contributed by atoms with Crippen molar-refractivity contribution in [3.63, 3.8) is 0 Å². The van der Waals surface area contributed by atoms with E-state index in [0.29, 0.717) is 16.7 Å². The third-order valence-corrected chi connectivity index (χ3v) is 14.3. The van der Waals surface area contributed by atoms with Gasteiger partial charge in [-0.05, 0) is 78.9 Å². The van der Waals surface area contributed by atoms with Crippen LogP contribution in [0.1, 0.15) is 58.2 Å². The molecule has 13 nitrogen and oxygen atoms in total. The van der Waals surface area contributed by atoms with Gasteiger partial charge in [0.1, 0.15) is 30.1 Å². The van der Waals surface area contributed by atoms with Gasteiger partial charge < -0.3 is 21.9 Å². The minimum atomic E-state index is -4.70. The van der Waals surface area contributed by atoms with E-state index in [2.05, 4.69) is 34.6 Å². The molecule has 9 heterocycles. The van der Waals surface area contributed by atoms with Crippen LogP contribution in [0.5, 0.6) is 0 Å². The maximum Gasteiger partial charge on any atom is 0.417 e. The van der Waals surface area contributed by atoms with Crippen molar-refractivity contribution in [1.29, 1.82) is 0 Å². The van der Waals surface area contributed by atoms with Crippen LogP contribution in [0.15, 0.2) is 116 Å². The molecule has 0 spiro atoms. The first-order valence-corrected chi connectivity index (χ1v) is 23.8. The summed E-state index contributed by atoms with van der Waals surface area (Å²) < 4.78 is 140. The predicted octanol–water partition coefficient (Wildman–Crippen LogP) is 13.2. The highest BCUT2D eigenvalue weighted by atomic mass is 32.1. The number of esters is 1. The van der Waals surface area contributed by atoms with E-state index in [4.69, 9.17) is 17.2 Å². The number of hydrogen-bond donors (Lipinski definition) is 3. The fraction of sp³-hybridized carbons (Fsp3) is 0.100. The van der Waals surface area contributed by atoms with Crippen molar-refractivity contribution in [3.8, 4) is 33.8 Å². The maximum absolute atomic E-state index is 13.8. The van der Waals surface area contributed by atoms with E-state index in [0.717, 1.165) is 71.5 Å². The van der Waals surface area contributed by atoms with Crippen LogP contribution in [0.3, 0.4) is 0 Å². The highest BCUT2D eigenvalue weighted by Crippen LogP contribution is 2.47. The first-order valence-electron chi connectivity index (χ1n) is 21.4. The van der Waals surface area contributed by atoms with Crippen LogP contribution in [0.4, 0.5) is 61.0 Å². The Kier molecular flexibility index (Phi) is 14.9. The number of pyridine rings is 6. The molecule has 9 aromatic heterocycles. The summed E-state index contributed by atoms with van der Waals surface area (Å²) in [4.78, 5) is 60.4. The number of nitrogens with two attached hydrogens (primary N) is 3. The van der Waals surface area contributed by atoms with E-state index in [1.54, 1.807) is 36.4 Å². The summed E-state index contributed by atoms with van der Waals surface area (Å²) in [5, 5.41) is -0.832. The van der Waals surface area contributed by atoms with Crippen molar-refractivity contribution >= 4 is 99.3 Å². The number of ether oxygens (including phenoxy) is 1. The van der Waals surface area contributed by atoms with E-state index >= 15 is 0 Å². The number of rotatable bonds is 7. The number of halogens is 10. The lowest BCUT2D eigenvalue weighted by Gasteiger charge is -2.11. The quantitative estimate of drug-likeness (QED) is 0.0770. The number of Topliss-reactive ketones (excluding diaryl/α,β-unsaturated/α-hetero) is 1. The molecule has 0 bridgehead atoms. The summed E-state index contributed by atoms with van der Waals surface area (Å²) in [5.74, 6) is -2.32. The Morgan fingerprint density at radius 1 is 0.513 bits per heavy atom. The fourth-order valence-electron chi connectivity index (χ4n) is 7.43. The second kappa shape index (κ2) is 21.0. The molecule has 388 valence electrons. The molecule has 76 heavy (non-hydrogen) atoms. The van der Waals surface area contributed by atoms with Crippen molar-refractivity contribution in [3.05, 3.63) is 159 Å². The Morgan fingerprint density at radius 3 is 1.18 bits per heavy atom. The number of fused-ring (bicyclic) bond motifs is 3. The molecule has 10 aromatic rings. The molecule has 26 heteroatoms. The largest absolute Gasteiger partial charge is 0.465 e. The van der Waals surface area contributed by atoms with Crippen LogP contribution in [0.25, 0.3) is 64.4 Å². The number of carbonyl (C=O) groups excluding carboxylic acids is 3. The van der Waals surface area contributed by atoms with Crippen molar-refractivity contribution in [2.24, 2.45) is 0 Å². The van der Waals surface area contributed by atoms with Crippen LogP contribution < -0.4 is 17.2 Å². The van der Waals surface area contributed by atoms with Gasteiger partial charge in [0.2, 0.25) is 5.78 Å². The second-order valence-electron chi connectivity index (χ2n) is 15.8. The Morgan fingerprint density at radius 2 is 0.855 bits per heavy atom. The normalized spacial score (nSPS) is 11.7. The van der Waals surface area contributed by atoms with Gasteiger partial charge in [0.15, 0.2) is 5.78 Å². The number of hydrogen-bond acceptors (Lipinski definition) is 16. The zero-order valence-electron chi connectivity index (χ0n) is 38.5. The molecular formula is C50H31F10N9O4S3. The van der Waals surface area contributed by atoms with Gasteiger partial charge in [-0.25, -0.2) is 24.1 Å². The van der Waals surface area contributed by atoms with E-state index in [-0.39, 0.29) is 90.8 Å². The van der Waals surface area contributed by atoms with Gasteiger partial charge in [0.25, 0.3) is 0 Å². The van der Waals surface area contributed by atoms with E-state index in [9.17, 15) is 58.3 Å². The van der Waals surface area contributed by atoms with Crippen LogP contribution in [0.2, 0.25) is 0 Å². The number of carbonyl (C=O) groups is 3. The van der Waals surface area contributed by atoms with Crippen molar-refractivity contribution in [1.82, 2.24) is 29.9 Å². The average molecular weight is 1110 g/mol. The first kappa shape index (κ1) is 53.8. The summed E-state index contributed by atoms with van der Waals surface area (Å²) in [6, 6.07) is 17.0. The molecule has 10 rings (SSSR count). The van der Waals surface area contributed by atoms with E-state index < -0.39 is 52.8 Å². The SMILES string of the molecule is CC(=O)c1sc2nc(-c3cccnc3)cc(C(F)(F)F)c2c1N.COC(=O)c1sc2nc(-c3cccnc3)cc(C(F)(F)F)c2c1N.Nc1c(C(=O)c2ccc(F)cc2)sc2nc(-c3cccnc3)cc(C(F)(F)F)c12. The Hall–Kier alpha value is -8.49. The topological polar surface area (TPSA) is 216 Å². The van der Waals surface area contributed by atoms with Crippen LogP contribution >= 0.6 is 34.0 Å². The molecule has 0 aliphatic rings. The molecule has 0 saturated carbocycles. The minimum absolute atomic E-state index is 0.0124. The van der Waals surface area contributed by atoms with Gasteiger partial charge in [-0.1, -0.05) is 0 Å². The summed E-state index contributed by atoms with van der Waals surface area (Å²) >= 11 is 2.40. The number of thiophene rings is 3. The van der Waals surface area contributed by atoms with Crippen molar-refractivity contribution < 1.29 is 63.0 Å². The lowest BCUT2D eigenvalue weighted by atomic mass is 10.0. The number of nitrogens with zero attached hydrogens (tertiary/aromatic N) is 6. The number of ketones is 2. The predicted molar refractivity (Wildman–Crippen MR) is 268 cm³/mol. The summed E-state index contributed by atoms with van der Waals surface area (Å²) in [7, 11) is 1.13. The Balaban J connectivity index is 0.000000152. The highest BCUT2D eigenvalue weighted by Gasteiger charge is 2.39. The molecule has 1 aromatic carbocycles. The second-order valence-corrected chi connectivity index (χ2v) is 18.8. The molecule has 0 radical (unpaired) electrons. The standard InChI is InChI=1S/C20H11F4N3OS.C15H10F3N3O2S.C15H10F3N3OS/c21-12-5-3-10(4-6-12)17(28)18-16(25)15-13(20(22,23)24)8-14(27-19(15)29-18)11-2-1-7-26-9-11;1-23-14(22)12-11(19)10-8(15(16,17)18)5-9(21-13(10)24-12)7-3-2-4-20-6-7;1-7(22)13-12(19)11-9(15(16,17)18)5-10(21-14(11)23-13)8-3-2-4-20-6-8/h1-9H,25H2;2-6H,19H2,1H3;2-6H,19H2,1H3.